The number of hydrogen-bond acceptors (Lipinski definition) is 7. The largest absolute Gasteiger partial charge is 0.374 e. The number of aldehydes is 1. The Morgan fingerprint density at radius 1 is 0.583 bits per heavy atom. The molecule has 0 aliphatic carbocycles. The van der Waals surface area contributed by atoms with Crippen LogP contribution in [0.15, 0.2) is 146 Å². The summed E-state index contributed by atoms with van der Waals surface area (Å²) in [6, 6.07) is 46.0. The van der Waals surface area contributed by atoms with Crippen molar-refractivity contribution in [2.24, 2.45) is 0 Å². The van der Waals surface area contributed by atoms with E-state index in [0.717, 1.165) is 28.5 Å². The van der Waals surface area contributed by atoms with E-state index in [1.54, 1.807) is 24.3 Å². The molecule has 0 amide bonds. The van der Waals surface area contributed by atoms with Crippen molar-refractivity contribution in [2.75, 3.05) is 6.61 Å². The van der Waals surface area contributed by atoms with E-state index < -0.39 is 30.2 Å². The van der Waals surface area contributed by atoms with Crippen LogP contribution >= 0.6 is 0 Å². The minimum atomic E-state index is -2.03. The normalized spacial score (nSPS) is 22.3. The molecule has 0 spiro atoms. The summed E-state index contributed by atoms with van der Waals surface area (Å²) in [4.78, 5) is 11.9. The minimum absolute atomic E-state index is 0.0979. The molecule has 1 N–H and O–H groups in total. The number of hydrogen-bond donors (Lipinski definition) is 1. The molecule has 246 valence electrons. The Kier molecular flexibility index (Phi) is 11.5. The Labute approximate surface area is 281 Å². The van der Waals surface area contributed by atoms with E-state index in [0.29, 0.717) is 17.7 Å². The van der Waals surface area contributed by atoms with Crippen molar-refractivity contribution < 1.29 is 33.6 Å². The molecule has 1 aliphatic rings. The van der Waals surface area contributed by atoms with Gasteiger partial charge in [0.25, 0.3) is 0 Å². The second-order valence-corrected chi connectivity index (χ2v) is 11.8. The van der Waals surface area contributed by atoms with Crippen molar-refractivity contribution in [2.45, 2.75) is 56.6 Å². The number of carbonyl (C=O) groups excluding carboxylic acids is 1. The van der Waals surface area contributed by atoms with Crippen LogP contribution in [0.5, 0.6) is 0 Å². The fraction of sp³-hybridized carbons (Fsp3) is 0.244. The third kappa shape index (κ3) is 8.51. The summed E-state index contributed by atoms with van der Waals surface area (Å²) in [5.41, 5.74) is 4.62. The highest BCUT2D eigenvalue weighted by Crippen LogP contribution is 2.42. The van der Waals surface area contributed by atoms with Gasteiger partial charge in [-0.15, -0.1) is 0 Å². The molecule has 5 aromatic carbocycles. The zero-order valence-electron chi connectivity index (χ0n) is 26.7. The molecule has 0 aromatic heterocycles. The van der Waals surface area contributed by atoms with Gasteiger partial charge in [0.2, 0.25) is 5.79 Å². The number of rotatable bonds is 15. The van der Waals surface area contributed by atoms with E-state index in [1.807, 2.05) is 121 Å². The summed E-state index contributed by atoms with van der Waals surface area (Å²) < 4.78 is 32.9. The molecule has 48 heavy (non-hydrogen) atoms. The fourth-order valence-electron chi connectivity index (χ4n) is 5.92. The molecule has 1 heterocycles. The highest BCUT2D eigenvalue weighted by Gasteiger charge is 2.57. The zero-order valence-corrected chi connectivity index (χ0v) is 26.7. The molecule has 0 saturated carbocycles. The Hall–Kier alpha value is -4.47. The lowest BCUT2D eigenvalue weighted by Crippen LogP contribution is -2.65. The highest BCUT2D eigenvalue weighted by atomic mass is 16.7. The van der Waals surface area contributed by atoms with Gasteiger partial charge < -0.3 is 28.8 Å². The standard InChI is InChI=1S/C41H40O7/c42-25-35-22-13-23-36(24-35)41(43)40(47-29-34-20-11-4-12-21-34)39(46-28-33-18-9-3-10-19-33)38(45-27-32-16-7-2-8-17-32)37(48-41)30-44-26-31-14-5-1-6-15-31/h1-25,37-40,43H,26-30H2/t37-,38?,39+,40-,41?/m1/s1. The molecule has 7 nitrogen and oxygen atoms in total. The first-order valence-corrected chi connectivity index (χ1v) is 16.2. The summed E-state index contributed by atoms with van der Waals surface area (Å²) in [5.74, 6) is -2.03. The smallest absolute Gasteiger partial charge is 0.222 e. The molecule has 1 aliphatic heterocycles. The lowest BCUT2D eigenvalue weighted by molar-refractivity contribution is -0.378. The molecule has 0 radical (unpaired) electrons. The summed E-state index contributed by atoms with van der Waals surface area (Å²) in [6.07, 6.45) is -2.62. The fourth-order valence-corrected chi connectivity index (χ4v) is 5.92. The molecular weight excluding hydrogens is 604 g/mol. The van der Waals surface area contributed by atoms with Crippen LogP contribution in [0.25, 0.3) is 0 Å². The van der Waals surface area contributed by atoms with Crippen molar-refractivity contribution in [3.63, 3.8) is 0 Å². The topological polar surface area (TPSA) is 83.5 Å². The van der Waals surface area contributed by atoms with Crippen molar-refractivity contribution in [1.82, 2.24) is 0 Å². The second-order valence-electron chi connectivity index (χ2n) is 11.8. The Morgan fingerprint density at radius 2 is 1.06 bits per heavy atom. The lowest BCUT2D eigenvalue weighted by Gasteiger charge is -2.50. The Morgan fingerprint density at radius 3 is 1.58 bits per heavy atom. The lowest BCUT2D eigenvalue weighted by atomic mass is 9.87. The average molecular weight is 645 g/mol. The van der Waals surface area contributed by atoms with Crippen LogP contribution in [0, 0.1) is 0 Å². The van der Waals surface area contributed by atoms with Crippen LogP contribution in [-0.2, 0) is 55.9 Å². The van der Waals surface area contributed by atoms with Gasteiger partial charge in [0.15, 0.2) is 0 Å². The van der Waals surface area contributed by atoms with E-state index in [9.17, 15) is 9.90 Å². The van der Waals surface area contributed by atoms with Gasteiger partial charge in [-0.2, -0.15) is 0 Å². The number of benzene rings is 5. The molecule has 5 aromatic rings. The number of aliphatic hydroxyl groups is 1. The van der Waals surface area contributed by atoms with Crippen molar-refractivity contribution in [3.8, 4) is 0 Å². The third-order valence-corrected chi connectivity index (χ3v) is 8.38. The van der Waals surface area contributed by atoms with E-state index in [-0.39, 0.29) is 26.4 Å². The quantitative estimate of drug-likeness (QED) is 0.123. The van der Waals surface area contributed by atoms with E-state index in [4.69, 9.17) is 23.7 Å². The van der Waals surface area contributed by atoms with Crippen LogP contribution in [0.4, 0.5) is 0 Å². The summed E-state index contributed by atoms with van der Waals surface area (Å²) >= 11 is 0. The summed E-state index contributed by atoms with van der Waals surface area (Å²) in [7, 11) is 0. The maximum Gasteiger partial charge on any atom is 0.222 e. The third-order valence-electron chi connectivity index (χ3n) is 8.38. The van der Waals surface area contributed by atoms with Gasteiger partial charge in [0.05, 0.1) is 33.0 Å². The van der Waals surface area contributed by atoms with Crippen LogP contribution in [0.1, 0.15) is 38.2 Å². The highest BCUT2D eigenvalue weighted by molar-refractivity contribution is 5.75. The first kappa shape index (κ1) is 33.4. The average Bonchev–Trinajstić information content (AvgIpc) is 3.15. The summed E-state index contributed by atoms with van der Waals surface area (Å²) in [5, 5.41) is 12.7. The first-order valence-electron chi connectivity index (χ1n) is 16.2. The molecule has 2 unspecified atom stereocenters. The van der Waals surface area contributed by atoms with Gasteiger partial charge in [0, 0.05) is 11.1 Å². The Balaban J connectivity index is 1.39. The molecule has 1 fully saturated rings. The predicted molar refractivity (Wildman–Crippen MR) is 182 cm³/mol. The minimum Gasteiger partial charge on any atom is -0.374 e. The Bertz CT molecular complexity index is 1680. The molecule has 5 atom stereocenters. The van der Waals surface area contributed by atoms with Gasteiger partial charge in [-0.1, -0.05) is 140 Å². The van der Waals surface area contributed by atoms with Crippen LogP contribution in [0.3, 0.4) is 0 Å². The summed E-state index contributed by atoms with van der Waals surface area (Å²) in [6.45, 7) is 1.13. The zero-order chi connectivity index (χ0) is 33.0. The van der Waals surface area contributed by atoms with Gasteiger partial charge in [-0.05, 0) is 28.3 Å². The van der Waals surface area contributed by atoms with Gasteiger partial charge in [-0.25, -0.2) is 0 Å². The molecule has 0 bridgehead atoms. The van der Waals surface area contributed by atoms with Crippen molar-refractivity contribution >= 4 is 6.29 Å². The van der Waals surface area contributed by atoms with E-state index >= 15 is 0 Å². The van der Waals surface area contributed by atoms with Gasteiger partial charge in [0.1, 0.15) is 30.7 Å². The van der Waals surface area contributed by atoms with Crippen LogP contribution in [-0.4, -0.2) is 42.4 Å². The number of carbonyl (C=O) groups is 1. The number of ether oxygens (including phenoxy) is 5. The maximum atomic E-state index is 12.7. The monoisotopic (exact) mass is 644 g/mol. The SMILES string of the molecule is O=Cc1cccc(C2(O)O[C@H](COCc3ccccc3)C(OCc3ccccc3)[C@H](OCc3ccccc3)[C@H]2OCc2ccccc2)c1. The molecule has 7 heteroatoms. The van der Waals surface area contributed by atoms with Gasteiger partial charge >= 0.3 is 0 Å². The van der Waals surface area contributed by atoms with E-state index in [2.05, 4.69) is 0 Å². The maximum absolute atomic E-state index is 12.7. The van der Waals surface area contributed by atoms with Crippen molar-refractivity contribution in [3.05, 3.63) is 179 Å². The van der Waals surface area contributed by atoms with E-state index in [1.165, 1.54) is 0 Å². The van der Waals surface area contributed by atoms with Crippen molar-refractivity contribution in [1.29, 1.82) is 0 Å². The van der Waals surface area contributed by atoms with Crippen LogP contribution in [0.2, 0.25) is 0 Å². The van der Waals surface area contributed by atoms with Gasteiger partial charge in [-0.3, -0.25) is 4.79 Å². The molecule has 6 rings (SSSR count). The molecule has 1 saturated heterocycles. The van der Waals surface area contributed by atoms with Crippen LogP contribution < -0.4 is 0 Å². The molecular formula is C41H40O7. The second kappa shape index (κ2) is 16.6. The first-order chi connectivity index (χ1) is 23.6. The predicted octanol–water partition coefficient (Wildman–Crippen LogP) is 7.02.